The number of carbonyl (C=O) groups excluding carboxylic acids is 1. The SMILES string of the molecule is O=CN[C@H]1CCC(=Cc2ccc(Cl)c(Cl)c2)c2ccccc21. The van der Waals surface area contributed by atoms with Gasteiger partial charge in [-0.2, -0.15) is 0 Å². The molecule has 1 aliphatic rings. The number of allylic oxidation sites excluding steroid dienone is 1. The molecule has 2 nitrogen and oxygen atoms in total. The zero-order valence-corrected chi connectivity index (χ0v) is 13.4. The highest BCUT2D eigenvalue weighted by Crippen LogP contribution is 2.38. The fourth-order valence-corrected chi connectivity index (χ4v) is 3.20. The first-order chi connectivity index (χ1) is 10.7. The van der Waals surface area contributed by atoms with Gasteiger partial charge < -0.3 is 5.32 Å². The quantitative estimate of drug-likeness (QED) is 0.777. The van der Waals surface area contributed by atoms with Crippen LogP contribution in [0.15, 0.2) is 42.5 Å². The summed E-state index contributed by atoms with van der Waals surface area (Å²) in [5.74, 6) is 0. The molecular formula is C18H15Cl2NO. The summed E-state index contributed by atoms with van der Waals surface area (Å²) in [7, 11) is 0. The number of hydrogen-bond donors (Lipinski definition) is 1. The average molecular weight is 332 g/mol. The van der Waals surface area contributed by atoms with E-state index < -0.39 is 0 Å². The number of carbonyl (C=O) groups is 1. The van der Waals surface area contributed by atoms with Crippen molar-refractivity contribution in [2.75, 3.05) is 0 Å². The average Bonchev–Trinajstić information content (AvgIpc) is 2.53. The van der Waals surface area contributed by atoms with E-state index in [9.17, 15) is 4.79 Å². The standard InChI is InChI=1S/C18H15Cl2NO/c19-16-7-5-12(10-17(16)20)9-13-6-8-18(21-11-22)15-4-2-1-3-14(13)15/h1-5,7,9-11,18H,6,8H2,(H,21,22)/t18-/m0/s1. The van der Waals surface area contributed by atoms with Gasteiger partial charge in [0.25, 0.3) is 0 Å². The lowest BCUT2D eigenvalue weighted by atomic mass is 9.83. The first-order valence-electron chi connectivity index (χ1n) is 7.13. The number of hydrogen-bond acceptors (Lipinski definition) is 1. The molecule has 0 spiro atoms. The molecule has 3 rings (SSSR count). The molecule has 0 bridgehead atoms. The second-order valence-electron chi connectivity index (χ2n) is 5.31. The summed E-state index contributed by atoms with van der Waals surface area (Å²) >= 11 is 12.1. The van der Waals surface area contributed by atoms with Crippen LogP contribution >= 0.6 is 23.2 Å². The third kappa shape index (κ3) is 3.03. The highest BCUT2D eigenvalue weighted by Gasteiger charge is 2.22. The van der Waals surface area contributed by atoms with Crippen LogP contribution in [-0.4, -0.2) is 6.41 Å². The van der Waals surface area contributed by atoms with Crippen molar-refractivity contribution in [3.8, 4) is 0 Å². The van der Waals surface area contributed by atoms with E-state index >= 15 is 0 Å². The summed E-state index contributed by atoms with van der Waals surface area (Å²) in [6.45, 7) is 0. The summed E-state index contributed by atoms with van der Waals surface area (Å²) in [5.41, 5.74) is 4.62. The van der Waals surface area contributed by atoms with Crippen LogP contribution in [0.5, 0.6) is 0 Å². The van der Waals surface area contributed by atoms with Gasteiger partial charge in [-0.25, -0.2) is 0 Å². The second kappa shape index (κ2) is 6.55. The Morgan fingerprint density at radius 2 is 1.91 bits per heavy atom. The second-order valence-corrected chi connectivity index (χ2v) is 6.12. The van der Waals surface area contributed by atoms with E-state index in [0.717, 1.165) is 30.4 Å². The van der Waals surface area contributed by atoms with Crippen molar-refractivity contribution in [1.82, 2.24) is 5.32 Å². The van der Waals surface area contributed by atoms with E-state index in [1.54, 1.807) is 0 Å². The maximum atomic E-state index is 10.8. The Hall–Kier alpha value is -1.77. The lowest BCUT2D eigenvalue weighted by Crippen LogP contribution is -2.23. The van der Waals surface area contributed by atoms with Crippen molar-refractivity contribution in [3.63, 3.8) is 0 Å². The van der Waals surface area contributed by atoms with Crippen LogP contribution in [0.1, 0.15) is 35.6 Å². The molecule has 0 fully saturated rings. The van der Waals surface area contributed by atoms with Crippen molar-refractivity contribution in [2.24, 2.45) is 0 Å². The molecule has 0 aliphatic heterocycles. The van der Waals surface area contributed by atoms with Crippen LogP contribution in [0.25, 0.3) is 11.6 Å². The summed E-state index contributed by atoms with van der Waals surface area (Å²) in [6.07, 6.45) is 4.71. The van der Waals surface area contributed by atoms with E-state index in [2.05, 4.69) is 23.5 Å². The Morgan fingerprint density at radius 1 is 1.09 bits per heavy atom. The molecule has 0 unspecified atom stereocenters. The summed E-state index contributed by atoms with van der Waals surface area (Å²) < 4.78 is 0. The van der Waals surface area contributed by atoms with E-state index in [-0.39, 0.29) is 6.04 Å². The maximum Gasteiger partial charge on any atom is 0.207 e. The maximum absolute atomic E-state index is 10.8. The molecule has 0 saturated carbocycles. The summed E-state index contributed by atoms with van der Waals surface area (Å²) in [4.78, 5) is 10.8. The topological polar surface area (TPSA) is 29.1 Å². The fourth-order valence-electron chi connectivity index (χ4n) is 2.89. The van der Waals surface area contributed by atoms with Gasteiger partial charge in [0.15, 0.2) is 0 Å². The molecule has 2 aromatic rings. The zero-order chi connectivity index (χ0) is 15.5. The lowest BCUT2D eigenvalue weighted by molar-refractivity contribution is -0.110. The molecule has 22 heavy (non-hydrogen) atoms. The van der Waals surface area contributed by atoms with Crippen molar-refractivity contribution in [3.05, 3.63) is 69.2 Å². The molecular weight excluding hydrogens is 317 g/mol. The Balaban J connectivity index is 2.01. The monoisotopic (exact) mass is 331 g/mol. The molecule has 1 N–H and O–H groups in total. The number of amides is 1. The molecule has 1 amide bonds. The predicted octanol–water partition coefficient (Wildman–Crippen LogP) is 5.11. The summed E-state index contributed by atoms with van der Waals surface area (Å²) in [6, 6.07) is 13.9. The molecule has 0 aromatic heterocycles. The van der Waals surface area contributed by atoms with Gasteiger partial charge in [-0.1, -0.05) is 59.6 Å². The molecule has 4 heteroatoms. The number of benzene rings is 2. The minimum absolute atomic E-state index is 0.0830. The fraction of sp³-hybridized carbons (Fsp3) is 0.167. The zero-order valence-electron chi connectivity index (χ0n) is 11.9. The van der Waals surface area contributed by atoms with Gasteiger partial charge in [0.05, 0.1) is 16.1 Å². The van der Waals surface area contributed by atoms with Crippen LogP contribution in [0, 0.1) is 0 Å². The third-order valence-corrected chi connectivity index (χ3v) is 4.68. The Bertz CT molecular complexity index is 740. The molecule has 0 heterocycles. The summed E-state index contributed by atoms with van der Waals surface area (Å²) in [5, 5.41) is 4.01. The highest BCUT2D eigenvalue weighted by atomic mass is 35.5. The third-order valence-electron chi connectivity index (χ3n) is 3.94. The minimum atomic E-state index is 0.0830. The number of rotatable bonds is 3. The number of fused-ring (bicyclic) bond motifs is 1. The number of halogens is 2. The molecule has 2 aromatic carbocycles. The Kier molecular flexibility index (Phi) is 4.51. The van der Waals surface area contributed by atoms with Gasteiger partial charge >= 0.3 is 0 Å². The van der Waals surface area contributed by atoms with Gasteiger partial charge in [-0.3, -0.25) is 4.79 Å². The molecule has 0 saturated heterocycles. The van der Waals surface area contributed by atoms with Crippen molar-refractivity contribution in [2.45, 2.75) is 18.9 Å². The Morgan fingerprint density at radius 3 is 2.68 bits per heavy atom. The Labute approximate surface area is 139 Å². The van der Waals surface area contributed by atoms with Gasteiger partial charge in [0.1, 0.15) is 0 Å². The first-order valence-corrected chi connectivity index (χ1v) is 7.89. The van der Waals surface area contributed by atoms with Gasteiger partial charge in [-0.15, -0.1) is 0 Å². The predicted molar refractivity (Wildman–Crippen MR) is 91.9 cm³/mol. The van der Waals surface area contributed by atoms with Crippen LogP contribution < -0.4 is 5.32 Å². The normalized spacial score (nSPS) is 18.8. The lowest BCUT2D eigenvalue weighted by Gasteiger charge is -2.27. The van der Waals surface area contributed by atoms with Gasteiger partial charge in [-0.05, 0) is 47.2 Å². The van der Waals surface area contributed by atoms with Crippen molar-refractivity contribution < 1.29 is 4.79 Å². The van der Waals surface area contributed by atoms with Crippen LogP contribution in [0.4, 0.5) is 0 Å². The first kappa shape index (κ1) is 15.1. The molecule has 112 valence electrons. The number of nitrogens with one attached hydrogen (secondary N) is 1. The van der Waals surface area contributed by atoms with Gasteiger partial charge in [0.2, 0.25) is 6.41 Å². The van der Waals surface area contributed by atoms with E-state index in [0.29, 0.717) is 10.0 Å². The molecule has 1 atom stereocenters. The van der Waals surface area contributed by atoms with Crippen LogP contribution in [0.2, 0.25) is 10.0 Å². The van der Waals surface area contributed by atoms with E-state index in [4.69, 9.17) is 23.2 Å². The van der Waals surface area contributed by atoms with Crippen molar-refractivity contribution in [1.29, 1.82) is 0 Å². The minimum Gasteiger partial charge on any atom is -0.352 e. The van der Waals surface area contributed by atoms with Crippen LogP contribution in [-0.2, 0) is 4.79 Å². The van der Waals surface area contributed by atoms with Crippen LogP contribution in [0.3, 0.4) is 0 Å². The van der Waals surface area contributed by atoms with Gasteiger partial charge in [0, 0.05) is 0 Å². The molecule has 0 radical (unpaired) electrons. The van der Waals surface area contributed by atoms with E-state index in [1.807, 2.05) is 30.3 Å². The van der Waals surface area contributed by atoms with E-state index in [1.165, 1.54) is 11.1 Å². The highest BCUT2D eigenvalue weighted by molar-refractivity contribution is 6.42. The smallest absolute Gasteiger partial charge is 0.207 e. The van der Waals surface area contributed by atoms with Crippen molar-refractivity contribution >= 4 is 41.3 Å². The molecule has 1 aliphatic carbocycles. The largest absolute Gasteiger partial charge is 0.352 e.